The average molecular weight is 378 g/mol. The Morgan fingerprint density at radius 3 is 2.74 bits per heavy atom. The fourth-order valence-corrected chi connectivity index (χ4v) is 3.21. The van der Waals surface area contributed by atoms with Crippen LogP contribution in [0.2, 0.25) is 5.02 Å². The quantitative estimate of drug-likeness (QED) is 0.489. The van der Waals surface area contributed by atoms with Gasteiger partial charge in [-0.05, 0) is 43.0 Å². The van der Waals surface area contributed by atoms with E-state index < -0.39 is 0 Å². The van der Waals surface area contributed by atoms with Crippen molar-refractivity contribution in [2.45, 2.75) is 19.8 Å². The van der Waals surface area contributed by atoms with Crippen LogP contribution in [0, 0.1) is 6.92 Å². The molecular weight excluding hydrogens is 358 g/mol. The number of hydrogen-bond acceptors (Lipinski definition) is 4. The first kappa shape index (κ1) is 17.5. The van der Waals surface area contributed by atoms with E-state index in [0.717, 1.165) is 47.5 Å². The Balaban J connectivity index is 1.51. The third-order valence-corrected chi connectivity index (χ3v) is 4.95. The van der Waals surface area contributed by atoms with Crippen molar-refractivity contribution < 1.29 is 0 Å². The van der Waals surface area contributed by atoms with E-state index in [-0.39, 0.29) is 0 Å². The number of nitrogens with zero attached hydrogens (tertiary/aromatic N) is 4. The Morgan fingerprint density at radius 2 is 1.93 bits per heavy atom. The zero-order valence-electron chi connectivity index (χ0n) is 15.1. The van der Waals surface area contributed by atoms with Crippen molar-refractivity contribution >= 4 is 28.5 Å². The van der Waals surface area contributed by atoms with E-state index in [0.29, 0.717) is 5.02 Å². The van der Waals surface area contributed by atoms with Crippen LogP contribution < -0.4 is 5.32 Å². The number of halogens is 1. The van der Waals surface area contributed by atoms with E-state index in [4.69, 9.17) is 11.6 Å². The molecule has 0 saturated carbocycles. The SMILES string of the molecule is Cc1ccc(-n2ncc3c(NCCCc4ccccc4)ncnc32)cc1Cl. The zero-order valence-corrected chi connectivity index (χ0v) is 15.8. The van der Waals surface area contributed by atoms with E-state index >= 15 is 0 Å². The molecule has 0 aliphatic rings. The van der Waals surface area contributed by atoms with Crippen LogP contribution in [-0.4, -0.2) is 26.3 Å². The van der Waals surface area contributed by atoms with Gasteiger partial charge in [0.05, 0.1) is 17.3 Å². The Hall–Kier alpha value is -2.92. The van der Waals surface area contributed by atoms with Crippen molar-refractivity contribution in [1.29, 1.82) is 0 Å². The smallest absolute Gasteiger partial charge is 0.168 e. The number of fused-ring (bicyclic) bond motifs is 1. The summed E-state index contributed by atoms with van der Waals surface area (Å²) in [5.41, 5.74) is 4.02. The highest BCUT2D eigenvalue weighted by atomic mass is 35.5. The monoisotopic (exact) mass is 377 g/mol. The molecule has 2 heterocycles. The highest BCUT2D eigenvalue weighted by Crippen LogP contribution is 2.24. The Labute approximate surface area is 163 Å². The predicted molar refractivity (Wildman–Crippen MR) is 110 cm³/mol. The lowest BCUT2D eigenvalue weighted by Gasteiger charge is -2.08. The maximum atomic E-state index is 6.26. The Kier molecular flexibility index (Phi) is 5.03. The van der Waals surface area contributed by atoms with Crippen LogP contribution in [0.5, 0.6) is 0 Å². The zero-order chi connectivity index (χ0) is 18.6. The number of anilines is 1. The van der Waals surface area contributed by atoms with Gasteiger partial charge in [0.15, 0.2) is 5.65 Å². The van der Waals surface area contributed by atoms with Crippen LogP contribution in [0.15, 0.2) is 61.1 Å². The number of hydrogen-bond donors (Lipinski definition) is 1. The van der Waals surface area contributed by atoms with Gasteiger partial charge < -0.3 is 5.32 Å². The van der Waals surface area contributed by atoms with E-state index in [9.17, 15) is 0 Å². The molecule has 4 aromatic rings. The third kappa shape index (κ3) is 3.78. The largest absolute Gasteiger partial charge is 0.369 e. The summed E-state index contributed by atoms with van der Waals surface area (Å²) in [6.45, 7) is 2.81. The fourth-order valence-electron chi connectivity index (χ4n) is 3.03. The van der Waals surface area contributed by atoms with Gasteiger partial charge >= 0.3 is 0 Å². The number of rotatable bonds is 6. The van der Waals surface area contributed by atoms with Gasteiger partial charge in [0.1, 0.15) is 12.1 Å². The van der Waals surface area contributed by atoms with Crippen molar-refractivity contribution in [3.63, 3.8) is 0 Å². The normalized spacial score (nSPS) is 11.0. The average Bonchev–Trinajstić information content (AvgIpc) is 3.13. The minimum atomic E-state index is 0.712. The molecule has 27 heavy (non-hydrogen) atoms. The molecule has 0 fully saturated rings. The second-order valence-electron chi connectivity index (χ2n) is 6.47. The molecule has 2 aromatic carbocycles. The van der Waals surface area contributed by atoms with Gasteiger partial charge in [-0.15, -0.1) is 0 Å². The second kappa shape index (κ2) is 7.76. The van der Waals surface area contributed by atoms with Crippen molar-refractivity contribution in [1.82, 2.24) is 19.7 Å². The summed E-state index contributed by atoms with van der Waals surface area (Å²) < 4.78 is 1.79. The topological polar surface area (TPSA) is 55.6 Å². The first-order valence-electron chi connectivity index (χ1n) is 8.95. The molecule has 0 bridgehead atoms. The lowest BCUT2D eigenvalue weighted by atomic mass is 10.1. The minimum absolute atomic E-state index is 0.712. The van der Waals surface area contributed by atoms with Gasteiger partial charge in [-0.2, -0.15) is 5.10 Å². The minimum Gasteiger partial charge on any atom is -0.369 e. The van der Waals surface area contributed by atoms with Gasteiger partial charge in [-0.3, -0.25) is 0 Å². The van der Waals surface area contributed by atoms with E-state index in [1.165, 1.54) is 5.56 Å². The molecule has 6 heteroatoms. The Morgan fingerprint density at radius 1 is 1.07 bits per heavy atom. The number of benzene rings is 2. The first-order chi connectivity index (χ1) is 13.2. The Bertz CT molecular complexity index is 1060. The molecule has 4 rings (SSSR count). The van der Waals surface area contributed by atoms with Gasteiger partial charge in [0, 0.05) is 11.6 Å². The van der Waals surface area contributed by atoms with E-state index in [1.807, 2.05) is 31.2 Å². The molecule has 0 radical (unpaired) electrons. The number of aryl methyl sites for hydroxylation is 2. The van der Waals surface area contributed by atoms with Gasteiger partial charge in [-0.25, -0.2) is 14.6 Å². The number of nitrogens with one attached hydrogen (secondary N) is 1. The molecule has 5 nitrogen and oxygen atoms in total. The predicted octanol–water partition coefficient (Wildman–Crippen LogP) is 4.82. The summed E-state index contributed by atoms with van der Waals surface area (Å²) >= 11 is 6.26. The van der Waals surface area contributed by atoms with Crippen LogP contribution in [0.25, 0.3) is 16.7 Å². The molecule has 0 aliphatic heterocycles. The summed E-state index contributed by atoms with van der Waals surface area (Å²) in [7, 11) is 0. The van der Waals surface area contributed by atoms with Crippen LogP contribution in [0.3, 0.4) is 0 Å². The van der Waals surface area contributed by atoms with Crippen LogP contribution in [0.4, 0.5) is 5.82 Å². The molecule has 0 aliphatic carbocycles. The van der Waals surface area contributed by atoms with Crippen molar-refractivity contribution in [2.24, 2.45) is 0 Å². The first-order valence-corrected chi connectivity index (χ1v) is 9.33. The summed E-state index contributed by atoms with van der Waals surface area (Å²) in [5, 5.41) is 9.51. The highest BCUT2D eigenvalue weighted by molar-refractivity contribution is 6.31. The second-order valence-corrected chi connectivity index (χ2v) is 6.87. The molecule has 2 aromatic heterocycles. The van der Waals surface area contributed by atoms with Gasteiger partial charge in [0.25, 0.3) is 0 Å². The van der Waals surface area contributed by atoms with Crippen molar-refractivity contribution in [3.8, 4) is 5.69 Å². The van der Waals surface area contributed by atoms with Gasteiger partial charge in [-0.1, -0.05) is 48.0 Å². The molecule has 0 spiro atoms. The third-order valence-electron chi connectivity index (χ3n) is 4.54. The molecule has 136 valence electrons. The molecule has 0 amide bonds. The van der Waals surface area contributed by atoms with Gasteiger partial charge in [0.2, 0.25) is 0 Å². The lowest BCUT2D eigenvalue weighted by Crippen LogP contribution is -2.05. The standard InChI is InChI=1S/C21H20ClN5/c1-15-9-10-17(12-19(15)22)27-21-18(13-26-27)20(24-14-25-21)23-11-5-8-16-6-3-2-4-7-16/h2-4,6-7,9-10,12-14H,5,8,11H2,1H3,(H,23,24,25). The summed E-state index contributed by atoms with van der Waals surface area (Å²) in [5.74, 6) is 0.803. The van der Waals surface area contributed by atoms with E-state index in [2.05, 4.69) is 44.6 Å². The van der Waals surface area contributed by atoms with E-state index in [1.54, 1.807) is 17.2 Å². The molecule has 1 N–H and O–H groups in total. The lowest BCUT2D eigenvalue weighted by molar-refractivity contribution is 0.859. The summed E-state index contributed by atoms with van der Waals surface area (Å²) in [4.78, 5) is 8.80. The summed E-state index contributed by atoms with van der Waals surface area (Å²) in [6, 6.07) is 16.4. The fraction of sp³-hybridized carbons (Fsp3) is 0.190. The van der Waals surface area contributed by atoms with Crippen molar-refractivity contribution in [2.75, 3.05) is 11.9 Å². The van der Waals surface area contributed by atoms with Crippen LogP contribution >= 0.6 is 11.6 Å². The highest BCUT2D eigenvalue weighted by Gasteiger charge is 2.11. The molecule has 0 unspecified atom stereocenters. The maximum absolute atomic E-state index is 6.26. The van der Waals surface area contributed by atoms with Crippen molar-refractivity contribution in [3.05, 3.63) is 77.2 Å². The summed E-state index contributed by atoms with van der Waals surface area (Å²) in [6.07, 6.45) is 5.42. The maximum Gasteiger partial charge on any atom is 0.168 e. The molecule has 0 atom stereocenters. The number of aromatic nitrogens is 4. The molecule has 0 saturated heterocycles. The van der Waals surface area contributed by atoms with Crippen LogP contribution in [0.1, 0.15) is 17.5 Å². The van der Waals surface area contributed by atoms with Crippen LogP contribution in [-0.2, 0) is 6.42 Å². The molecular formula is C21H20ClN5.